The van der Waals surface area contributed by atoms with Crippen LogP contribution in [0.2, 0.25) is 0 Å². The van der Waals surface area contributed by atoms with Crippen LogP contribution in [0.25, 0.3) is 11.4 Å². The smallest absolute Gasteiger partial charge is 0.239 e. The van der Waals surface area contributed by atoms with Gasteiger partial charge in [0.2, 0.25) is 5.91 Å². The normalized spacial score (nSPS) is 11.0. The molecule has 0 aromatic carbocycles. The van der Waals surface area contributed by atoms with Gasteiger partial charge in [-0.05, 0) is 19.2 Å². The van der Waals surface area contributed by atoms with Gasteiger partial charge in [0.1, 0.15) is 5.69 Å². The molecule has 0 aliphatic rings. The summed E-state index contributed by atoms with van der Waals surface area (Å²) in [6.07, 6.45) is 3.48. The summed E-state index contributed by atoms with van der Waals surface area (Å²) in [5, 5.41) is 10.9. The van der Waals surface area contributed by atoms with E-state index in [-0.39, 0.29) is 12.5 Å². The van der Waals surface area contributed by atoms with E-state index >= 15 is 0 Å². The number of hydrogen-bond donors (Lipinski definition) is 1. The van der Waals surface area contributed by atoms with Crippen molar-refractivity contribution in [3.05, 3.63) is 48.5 Å². The van der Waals surface area contributed by atoms with Gasteiger partial charge in [-0.2, -0.15) is 5.10 Å². The van der Waals surface area contributed by atoms with Crippen molar-refractivity contribution in [3.8, 4) is 11.4 Å². The summed E-state index contributed by atoms with van der Waals surface area (Å²) < 4.78 is 6.95. The number of hydrogen-bond acceptors (Lipinski definition) is 6. The first-order valence-corrected chi connectivity index (χ1v) is 7.45. The SMILES string of the molecule is CN(CC(=O)Nc1ccn(C)n1)Cc1cc(-c2ccccn2)no1. The second kappa shape index (κ2) is 7.05. The Kier molecular flexibility index (Phi) is 4.66. The molecule has 0 saturated heterocycles. The minimum atomic E-state index is -0.138. The van der Waals surface area contributed by atoms with Gasteiger partial charge in [-0.25, -0.2) is 0 Å². The summed E-state index contributed by atoms with van der Waals surface area (Å²) >= 11 is 0. The van der Waals surface area contributed by atoms with Crippen molar-refractivity contribution >= 4 is 11.7 Å². The first-order valence-electron chi connectivity index (χ1n) is 7.45. The second-order valence-electron chi connectivity index (χ2n) is 5.49. The van der Waals surface area contributed by atoms with Crippen molar-refractivity contribution in [2.75, 3.05) is 18.9 Å². The average Bonchev–Trinajstić information content (AvgIpc) is 3.17. The Morgan fingerprint density at radius 1 is 1.33 bits per heavy atom. The van der Waals surface area contributed by atoms with Crippen molar-refractivity contribution in [1.29, 1.82) is 0 Å². The molecule has 0 saturated carbocycles. The maximum absolute atomic E-state index is 12.0. The highest BCUT2D eigenvalue weighted by molar-refractivity contribution is 5.91. The number of nitrogens with zero attached hydrogens (tertiary/aromatic N) is 5. The van der Waals surface area contributed by atoms with E-state index in [2.05, 4.69) is 20.6 Å². The molecule has 24 heavy (non-hydrogen) atoms. The lowest BCUT2D eigenvalue weighted by molar-refractivity contribution is -0.117. The molecule has 8 nitrogen and oxygen atoms in total. The molecule has 124 valence electrons. The zero-order chi connectivity index (χ0) is 16.9. The number of nitrogens with one attached hydrogen (secondary N) is 1. The van der Waals surface area contributed by atoms with E-state index < -0.39 is 0 Å². The second-order valence-corrected chi connectivity index (χ2v) is 5.49. The lowest BCUT2D eigenvalue weighted by atomic mass is 10.2. The van der Waals surface area contributed by atoms with Crippen LogP contribution in [-0.2, 0) is 18.4 Å². The Morgan fingerprint density at radius 2 is 2.21 bits per heavy atom. The highest BCUT2D eigenvalue weighted by Crippen LogP contribution is 2.16. The molecule has 0 radical (unpaired) electrons. The summed E-state index contributed by atoms with van der Waals surface area (Å²) in [5.41, 5.74) is 1.43. The molecule has 0 atom stereocenters. The maximum atomic E-state index is 12.0. The molecule has 0 fully saturated rings. The molecule has 1 N–H and O–H groups in total. The summed E-state index contributed by atoms with van der Waals surface area (Å²) in [4.78, 5) is 18.1. The third-order valence-corrected chi connectivity index (χ3v) is 3.31. The number of rotatable bonds is 6. The van der Waals surface area contributed by atoms with Crippen LogP contribution < -0.4 is 5.32 Å². The van der Waals surface area contributed by atoms with E-state index in [9.17, 15) is 4.79 Å². The van der Waals surface area contributed by atoms with Crippen LogP contribution in [0.5, 0.6) is 0 Å². The van der Waals surface area contributed by atoms with Crippen LogP contribution >= 0.6 is 0 Å². The van der Waals surface area contributed by atoms with E-state index in [1.54, 1.807) is 30.2 Å². The summed E-state index contributed by atoms with van der Waals surface area (Å²) in [7, 11) is 3.63. The molecule has 0 bridgehead atoms. The van der Waals surface area contributed by atoms with Crippen molar-refractivity contribution in [2.24, 2.45) is 7.05 Å². The highest BCUT2D eigenvalue weighted by atomic mass is 16.5. The number of amides is 1. The third-order valence-electron chi connectivity index (χ3n) is 3.31. The van der Waals surface area contributed by atoms with E-state index in [1.165, 1.54) is 0 Å². The van der Waals surface area contributed by atoms with E-state index in [0.29, 0.717) is 23.8 Å². The van der Waals surface area contributed by atoms with Crippen LogP contribution in [0.3, 0.4) is 0 Å². The van der Waals surface area contributed by atoms with Gasteiger partial charge in [-0.15, -0.1) is 0 Å². The van der Waals surface area contributed by atoms with Gasteiger partial charge in [0.15, 0.2) is 11.6 Å². The molecular formula is C16H18N6O2. The van der Waals surface area contributed by atoms with Gasteiger partial charge < -0.3 is 9.84 Å². The van der Waals surface area contributed by atoms with Gasteiger partial charge in [-0.3, -0.25) is 19.4 Å². The van der Waals surface area contributed by atoms with Crippen molar-refractivity contribution in [1.82, 2.24) is 24.8 Å². The molecule has 3 heterocycles. The van der Waals surface area contributed by atoms with Crippen LogP contribution in [0.15, 0.2) is 47.2 Å². The Bertz CT molecular complexity index is 811. The van der Waals surface area contributed by atoms with Crippen molar-refractivity contribution in [3.63, 3.8) is 0 Å². The van der Waals surface area contributed by atoms with Crippen molar-refractivity contribution in [2.45, 2.75) is 6.54 Å². The molecule has 3 rings (SSSR count). The van der Waals surface area contributed by atoms with Crippen LogP contribution in [0.4, 0.5) is 5.82 Å². The molecule has 0 aliphatic carbocycles. The Hall–Kier alpha value is -3.00. The van der Waals surface area contributed by atoms with Crippen molar-refractivity contribution < 1.29 is 9.32 Å². The van der Waals surface area contributed by atoms with Crippen LogP contribution in [0.1, 0.15) is 5.76 Å². The summed E-state index contributed by atoms with van der Waals surface area (Å²) in [5.74, 6) is 1.07. The molecule has 3 aromatic rings. The fourth-order valence-electron chi connectivity index (χ4n) is 2.25. The van der Waals surface area contributed by atoms with Crippen LogP contribution in [-0.4, -0.2) is 44.3 Å². The zero-order valence-corrected chi connectivity index (χ0v) is 13.5. The molecule has 0 aliphatic heterocycles. The standard InChI is InChI=1S/C16H18N6O2/c1-21(11-16(23)18-15-6-8-22(2)19-15)10-12-9-14(20-24-12)13-5-3-4-7-17-13/h3-9H,10-11H2,1-2H3,(H,18,19,23). The third kappa shape index (κ3) is 4.05. The Labute approximate surface area is 139 Å². The largest absolute Gasteiger partial charge is 0.359 e. The minimum Gasteiger partial charge on any atom is -0.359 e. The van der Waals surface area contributed by atoms with Gasteiger partial charge >= 0.3 is 0 Å². The number of aromatic nitrogens is 4. The Balaban J connectivity index is 1.54. The topological polar surface area (TPSA) is 89.1 Å². The maximum Gasteiger partial charge on any atom is 0.239 e. The first-order chi connectivity index (χ1) is 11.6. The van der Waals surface area contributed by atoms with E-state index in [0.717, 1.165) is 5.69 Å². The van der Waals surface area contributed by atoms with Crippen LogP contribution in [0, 0.1) is 0 Å². The van der Waals surface area contributed by atoms with E-state index in [4.69, 9.17) is 4.52 Å². The lowest BCUT2D eigenvalue weighted by Gasteiger charge is -2.13. The zero-order valence-electron chi connectivity index (χ0n) is 13.5. The fourth-order valence-corrected chi connectivity index (χ4v) is 2.25. The quantitative estimate of drug-likeness (QED) is 0.739. The molecule has 0 spiro atoms. The molecule has 0 unspecified atom stereocenters. The average molecular weight is 326 g/mol. The highest BCUT2D eigenvalue weighted by Gasteiger charge is 2.12. The summed E-state index contributed by atoms with van der Waals surface area (Å²) in [6, 6.07) is 9.18. The predicted molar refractivity (Wildman–Crippen MR) is 87.9 cm³/mol. The Morgan fingerprint density at radius 3 is 2.92 bits per heavy atom. The number of aryl methyl sites for hydroxylation is 1. The van der Waals surface area contributed by atoms with Gasteiger partial charge in [0.05, 0.1) is 18.8 Å². The molecule has 8 heteroatoms. The lowest BCUT2D eigenvalue weighted by Crippen LogP contribution is -2.29. The monoisotopic (exact) mass is 326 g/mol. The van der Waals surface area contributed by atoms with E-state index in [1.807, 2.05) is 36.2 Å². The number of anilines is 1. The molecular weight excluding hydrogens is 308 g/mol. The summed E-state index contributed by atoms with van der Waals surface area (Å²) in [6.45, 7) is 0.686. The first kappa shape index (κ1) is 15.9. The van der Waals surface area contributed by atoms with Gasteiger partial charge in [0.25, 0.3) is 0 Å². The predicted octanol–water partition coefficient (Wildman–Crippen LogP) is 1.54. The minimum absolute atomic E-state index is 0.138. The number of pyridine rings is 1. The number of carbonyl (C=O) groups is 1. The fraction of sp³-hybridized carbons (Fsp3) is 0.250. The number of carbonyl (C=O) groups excluding carboxylic acids is 1. The molecule has 3 aromatic heterocycles. The van der Waals surface area contributed by atoms with Gasteiger partial charge in [0, 0.05) is 31.6 Å². The van der Waals surface area contributed by atoms with Gasteiger partial charge in [-0.1, -0.05) is 11.2 Å². The number of likely N-dealkylation sites (N-methyl/N-ethyl adjacent to an activating group) is 1. The molecule has 1 amide bonds.